The quantitative estimate of drug-likeness (QED) is 0.695. The van der Waals surface area contributed by atoms with E-state index in [1.807, 2.05) is 18.2 Å². The molecule has 1 fully saturated rings. The number of nitrogens with one attached hydrogen (secondary N) is 2. The maximum absolute atomic E-state index is 12.1. The highest BCUT2D eigenvalue weighted by Gasteiger charge is 2.22. The number of amides is 1. The van der Waals surface area contributed by atoms with E-state index in [2.05, 4.69) is 40.4 Å². The number of likely N-dealkylation sites (tertiary alicyclic amines) is 1. The maximum atomic E-state index is 12.1. The second kappa shape index (κ2) is 9.62. The average Bonchev–Trinajstić information content (AvgIpc) is 3.15. The molecule has 1 aliphatic heterocycles. The summed E-state index contributed by atoms with van der Waals surface area (Å²) in [4.78, 5) is 23.4. The SMILES string of the molecule is CC(C)CNC(=O)c1csc(Nc2cccc(C3CCCN(CC#N)C3)n2)n1. The van der Waals surface area contributed by atoms with E-state index in [0.29, 0.717) is 35.8 Å². The summed E-state index contributed by atoms with van der Waals surface area (Å²) in [5.41, 5.74) is 1.45. The Balaban J connectivity index is 1.63. The normalized spacial score (nSPS) is 17.3. The van der Waals surface area contributed by atoms with Crippen LogP contribution in [0.1, 0.15) is 48.8 Å². The van der Waals surface area contributed by atoms with Gasteiger partial charge in [-0.15, -0.1) is 11.3 Å². The second-order valence-electron chi connectivity index (χ2n) is 7.45. The number of piperidine rings is 1. The molecule has 0 spiro atoms. The van der Waals surface area contributed by atoms with Gasteiger partial charge in [0.15, 0.2) is 5.13 Å². The highest BCUT2D eigenvalue weighted by molar-refractivity contribution is 7.14. The Morgan fingerprint density at radius 1 is 1.43 bits per heavy atom. The van der Waals surface area contributed by atoms with E-state index in [9.17, 15) is 4.79 Å². The minimum atomic E-state index is -0.153. The molecule has 0 saturated carbocycles. The number of carbonyl (C=O) groups excluding carboxylic acids is 1. The van der Waals surface area contributed by atoms with Gasteiger partial charge >= 0.3 is 0 Å². The second-order valence-corrected chi connectivity index (χ2v) is 8.30. The number of anilines is 2. The molecule has 2 aromatic rings. The van der Waals surface area contributed by atoms with Crippen molar-refractivity contribution in [2.75, 3.05) is 31.5 Å². The van der Waals surface area contributed by atoms with Crippen molar-refractivity contribution in [1.29, 1.82) is 5.26 Å². The molecule has 1 unspecified atom stereocenters. The summed E-state index contributed by atoms with van der Waals surface area (Å²) in [6.07, 6.45) is 2.16. The molecule has 8 heteroatoms. The summed E-state index contributed by atoms with van der Waals surface area (Å²) in [7, 11) is 0. The van der Waals surface area contributed by atoms with Crippen LogP contribution < -0.4 is 10.6 Å². The Bertz CT molecular complexity index is 843. The Labute approximate surface area is 169 Å². The lowest BCUT2D eigenvalue weighted by Gasteiger charge is -2.30. The van der Waals surface area contributed by atoms with Crippen molar-refractivity contribution in [2.24, 2.45) is 5.92 Å². The van der Waals surface area contributed by atoms with E-state index in [1.54, 1.807) is 5.38 Å². The van der Waals surface area contributed by atoms with Gasteiger partial charge in [-0.2, -0.15) is 5.26 Å². The van der Waals surface area contributed by atoms with Crippen molar-refractivity contribution >= 4 is 28.2 Å². The largest absolute Gasteiger partial charge is 0.350 e. The summed E-state index contributed by atoms with van der Waals surface area (Å²) in [6.45, 7) is 7.05. The number of pyridine rings is 1. The summed E-state index contributed by atoms with van der Waals surface area (Å²) in [5.74, 6) is 1.30. The van der Waals surface area contributed by atoms with E-state index in [1.165, 1.54) is 11.3 Å². The smallest absolute Gasteiger partial charge is 0.270 e. The number of thiazole rings is 1. The van der Waals surface area contributed by atoms with Gasteiger partial charge in [0.25, 0.3) is 5.91 Å². The van der Waals surface area contributed by atoms with Gasteiger partial charge in [-0.3, -0.25) is 9.69 Å². The first kappa shape index (κ1) is 20.2. The average molecular weight is 399 g/mol. The number of hydrogen-bond acceptors (Lipinski definition) is 7. The van der Waals surface area contributed by atoms with E-state index in [4.69, 9.17) is 10.2 Å². The predicted molar refractivity (Wildman–Crippen MR) is 111 cm³/mol. The van der Waals surface area contributed by atoms with Crippen molar-refractivity contribution in [3.63, 3.8) is 0 Å². The number of hydrogen-bond donors (Lipinski definition) is 2. The van der Waals surface area contributed by atoms with Gasteiger partial charge in [0.2, 0.25) is 0 Å². The fourth-order valence-corrected chi connectivity index (χ4v) is 3.92. The van der Waals surface area contributed by atoms with Crippen LogP contribution in [0.25, 0.3) is 0 Å². The topological polar surface area (TPSA) is 93.9 Å². The minimum Gasteiger partial charge on any atom is -0.350 e. The van der Waals surface area contributed by atoms with Crippen LogP contribution in [0.2, 0.25) is 0 Å². The van der Waals surface area contributed by atoms with Crippen molar-refractivity contribution in [1.82, 2.24) is 20.2 Å². The molecule has 0 radical (unpaired) electrons. The molecule has 7 nitrogen and oxygen atoms in total. The molecule has 3 heterocycles. The summed E-state index contributed by atoms with van der Waals surface area (Å²) < 4.78 is 0. The first-order valence-corrected chi connectivity index (χ1v) is 10.5. The van der Waals surface area contributed by atoms with Crippen LogP contribution in [0, 0.1) is 17.2 Å². The third-order valence-electron chi connectivity index (χ3n) is 4.63. The van der Waals surface area contributed by atoms with Crippen LogP contribution in [0.5, 0.6) is 0 Å². The Hall–Kier alpha value is -2.50. The first-order chi connectivity index (χ1) is 13.5. The predicted octanol–water partition coefficient (Wildman–Crippen LogP) is 3.37. The number of nitrogens with zero attached hydrogens (tertiary/aromatic N) is 4. The Kier molecular flexibility index (Phi) is 6.95. The lowest BCUT2D eigenvalue weighted by Crippen LogP contribution is -2.34. The molecule has 2 N–H and O–H groups in total. The van der Waals surface area contributed by atoms with Crippen LogP contribution in [0.4, 0.5) is 10.9 Å². The van der Waals surface area contributed by atoms with E-state index >= 15 is 0 Å². The highest BCUT2D eigenvalue weighted by Crippen LogP contribution is 2.27. The van der Waals surface area contributed by atoms with Crippen molar-refractivity contribution in [3.8, 4) is 6.07 Å². The summed E-state index contributed by atoms with van der Waals surface area (Å²) >= 11 is 1.39. The Morgan fingerprint density at radius 3 is 3.07 bits per heavy atom. The number of nitriles is 1. The maximum Gasteiger partial charge on any atom is 0.270 e. The lowest BCUT2D eigenvalue weighted by atomic mass is 9.94. The molecule has 148 valence electrons. The van der Waals surface area contributed by atoms with Gasteiger partial charge in [-0.1, -0.05) is 19.9 Å². The molecule has 3 rings (SSSR count). The van der Waals surface area contributed by atoms with Gasteiger partial charge in [0.1, 0.15) is 11.5 Å². The molecule has 1 saturated heterocycles. The van der Waals surface area contributed by atoms with Crippen LogP contribution >= 0.6 is 11.3 Å². The minimum absolute atomic E-state index is 0.153. The van der Waals surface area contributed by atoms with Gasteiger partial charge in [-0.25, -0.2) is 9.97 Å². The first-order valence-electron chi connectivity index (χ1n) is 9.62. The molecular weight excluding hydrogens is 372 g/mol. The van der Waals surface area contributed by atoms with Gasteiger partial charge < -0.3 is 10.6 Å². The van der Waals surface area contributed by atoms with Crippen LogP contribution in [-0.2, 0) is 0 Å². The van der Waals surface area contributed by atoms with Gasteiger partial charge in [0.05, 0.1) is 12.6 Å². The van der Waals surface area contributed by atoms with Crippen LogP contribution in [0.3, 0.4) is 0 Å². The number of aromatic nitrogens is 2. The van der Waals surface area contributed by atoms with Crippen molar-refractivity contribution in [3.05, 3.63) is 35.0 Å². The van der Waals surface area contributed by atoms with Crippen molar-refractivity contribution < 1.29 is 4.79 Å². The molecule has 0 aromatic carbocycles. The summed E-state index contributed by atoms with van der Waals surface area (Å²) in [5, 5.41) is 17.4. The third kappa shape index (κ3) is 5.50. The highest BCUT2D eigenvalue weighted by atomic mass is 32.1. The Morgan fingerprint density at radius 2 is 2.29 bits per heavy atom. The molecule has 1 aliphatic rings. The molecule has 1 atom stereocenters. The third-order valence-corrected chi connectivity index (χ3v) is 5.39. The van der Waals surface area contributed by atoms with Crippen LogP contribution in [0.15, 0.2) is 23.6 Å². The molecule has 0 aliphatic carbocycles. The standard InChI is InChI=1S/C20H26N6OS/c1-14(2)11-22-19(27)17-13-28-20(24-17)25-18-7-3-6-16(23-18)15-5-4-9-26(12-15)10-8-21/h3,6-7,13-15H,4-5,9-12H2,1-2H3,(H,22,27)(H,23,24,25). The number of carbonyl (C=O) groups is 1. The summed E-state index contributed by atoms with van der Waals surface area (Å²) in [6, 6.07) is 8.16. The molecule has 0 bridgehead atoms. The van der Waals surface area contributed by atoms with Gasteiger partial charge in [0, 0.05) is 30.1 Å². The monoisotopic (exact) mass is 398 g/mol. The zero-order valence-corrected chi connectivity index (χ0v) is 17.1. The molecule has 2 aromatic heterocycles. The zero-order valence-electron chi connectivity index (χ0n) is 16.3. The number of rotatable bonds is 7. The van der Waals surface area contributed by atoms with E-state index in [-0.39, 0.29) is 5.91 Å². The molecule has 1 amide bonds. The lowest BCUT2D eigenvalue weighted by molar-refractivity contribution is 0.0945. The molecular formula is C20H26N6OS. The zero-order chi connectivity index (χ0) is 19.9. The van der Waals surface area contributed by atoms with Crippen LogP contribution in [-0.4, -0.2) is 47.0 Å². The van der Waals surface area contributed by atoms with E-state index in [0.717, 1.165) is 37.4 Å². The van der Waals surface area contributed by atoms with Gasteiger partial charge in [-0.05, 0) is 37.4 Å². The molecule has 28 heavy (non-hydrogen) atoms. The van der Waals surface area contributed by atoms with Crippen molar-refractivity contribution in [2.45, 2.75) is 32.6 Å². The fraction of sp³-hybridized carbons (Fsp3) is 0.500. The fourth-order valence-electron chi connectivity index (χ4n) is 3.22. The van der Waals surface area contributed by atoms with E-state index < -0.39 is 0 Å².